The highest BCUT2D eigenvalue weighted by molar-refractivity contribution is 7.93. The van der Waals surface area contributed by atoms with Gasteiger partial charge in [0, 0.05) is 60.4 Å². The number of likely N-dealkylation sites (tertiary alicyclic amines) is 1. The van der Waals surface area contributed by atoms with Crippen LogP contribution >= 0.6 is 23.2 Å². The Labute approximate surface area is 238 Å². The molecule has 0 aromatic heterocycles. The van der Waals surface area contributed by atoms with Crippen molar-refractivity contribution in [3.05, 3.63) is 111 Å². The molecule has 5 rings (SSSR count). The van der Waals surface area contributed by atoms with Gasteiger partial charge in [-0.25, -0.2) is 13.2 Å². The second kappa shape index (κ2) is 11.6. The van der Waals surface area contributed by atoms with Crippen LogP contribution in [0.2, 0.25) is 10.0 Å². The summed E-state index contributed by atoms with van der Waals surface area (Å²) in [6, 6.07) is 22.9. The first kappa shape index (κ1) is 27.5. The zero-order valence-electron chi connectivity index (χ0n) is 21.2. The Bertz CT molecular complexity index is 1420. The fraction of sp³-hybridized carbons (Fsp3) is 0.276. The van der Waals surface area contributed by atoms with E-state index in [0.717, 1.165) is 22.4 Å². The smallest absolute Gasteiger partial charge is 0.407 e. The van der Waals surface area contributed by atoms with E-state index in [1.54, 1.807) is 0 Å². The monoisotopic (exact) mass is 585 g/mol. The molecule has 7 nitrogen and oxygen atoms in total. The van der Waals surface area contributed by atoms with E-state index in [0.29, 0.717) is 54.9 Å². The maximum atomic E-state index is 13.1. The molecule has 2 heterocycles. The molecule has 2 fully saturated rings. The first-order valence-electron chi connectivity index (χ1n) is 12.7. The molecule has 39 heavy (non-hydrogen) atoms. The molecule has 204 valence electrons. The summed E-state index contributed by atoms with van der Waals surface area (Å²) in [5.41, 5.74) is 4.63. The summed E-state index contributed by atoms with van der Waals surface area (Å²) in [5.74, 6) is -0.0861. The summed E-state index contributed by atoms with van der Waals surface area (Å²) in [4.78, 5) is 16.9. The van der Waals surface area contributed by atoms with Crippen molar-refractivity contribution in [2.24, 2.45) is 0 Å². The van der Waals surface area contributed by atoms with Gasteiger partial charge in [-0.15, -0.1) is 0 Å². The van der Waals surface area contributed by atoms with E-state index in [-0.39, 0.29) is 11.8 Å². The summed E-state index contributed by atoms with van der Waals surface area (Å²) in [5, 5.41) is 11.9. The van der Waals surface area contributed by atoms with Gasteiger partial charge in [0.15, 0.2) is 9.84 Å². The fourth-order valence-electron chi connectivity index (χ4n) is 5.16. The van der Waals surface area contributed by atoms with E-state index in [1.165, 1.54) is 10.3 Å². The Hall–Kier alpha value is -3.04. The SMILES string of the molecule is O=C(O)N1CCN(c2cccc(CS(=O)(=O)C=C3CN(C(c4ccc(Cl)cc4)c4ccc(Cl)cc4)C3)c2)CC1. The molecule has 0 spiro atoms. The van der Waals surface area contributed by atoms with Crippen LogP contribution in [-0.2, 0) is 15.6 Å². The third-order valence-corrected chi connectivity index (χ3v) is 9.02. The van der Waals surface area contributed by atoms with Crippen LogP contribution in [0.5, 0.6) is 0 Å². The molecular formula is C29H29Cl2N3O4S. The Kier molecular flexibility index (Phi) is 8.19. The number of sulfone groups is 1. The van der Waals surface area contributed by atoms with E-state index in [4.69, 9.17) is 28.3 Å². The standard InChI is InChI=1S/C29H29Cl2N3O4S/c30-25-8-4-23(5-9-25)28(24-6-10-26(31)11-7-24)34-17-22(18-34)20-39(37,38)19-21-2-1-3-27(16-21)32-12-14-33(15-13-32)29(35)36/h1-11,16,20,28H,12-15,17-19H2,(H,35,36). The number of benzene rings is 3. The average molecular weight is 587 g/mol. The van der Waals surface area contributed by atoms with E-state index < -0.39 is 15.9 Å². The van der Waals surface area contributed by atoms with Crippen LogP contribution in [0.15, 0.2) is 83.8 Å². The first-order chi connectivity index (χ1) is 18.7. The van der Waals surface area contributed by atoms with Crippen LogP contribution in [-0.4, -0.2) is 68.7 Å². The van der Waals surface area contributed by atoms with Crippen molar-refractivity contribution in [1.82, 2.24) is 9.80 Å². The Morgan fingerprint density at radius 2 is 1.44 bits per heavy atom. The van der Waals surface area contributed by atoms with Crippen molar-refractivity contribution in [2.75, 3.05) is 44.2 Å². The van der Waals surface area contributed by atoms with Crippen molar-refractivity contribution < 1.29 is 18.3 Å². The highest BCUT2D eigenvalue weighted by atomic mass is 35.5. The Balaban J connectivity index is 1.26. The first-order valence-corrected chi connectivity index (χ1v) is 15.1. The predicted octanol–water partition coefficient (Wildman–Crippen LogP) is 5.70. The minimum Gasteiger partial charge on any atom is -0.465 e. The molecule has 0 bridgehead atoms. The number of anilines is 1. The number of carboxylic acid groups (broad SMARTS) is 1. The molecule has 0 saturated carbocycles. The zero-order valence-corrected chi connectivity index (χ0v) is 23.5. The maximum absolute atomic E-state index is 13.1. The number of hydrogen-bond donors (Lipinski definition) is 1. The molecule has 3 aromatic rings. The number of nitrogens with zero attached hydrogens (tertiary/aromatic N) is 3. The summed E-state index contributed by atoms with van der Waals surface area (Å²) < 4.78 is 26.2. The van der Waals surface area contributed by atoms with Crippen LogP contribution in [0, 0.1) is 0 Å². The lowest BCUT2D eigenvalue weighted by molar-refractivity contribution is 0.142. The van der Waals surface area contributed by atoms with Gasteiger partial charge in [-0.2, -0.15) is 0 Å². The second-order valence-electron chi connectivity index (χ2n) is 9.92. The van der Waals surface area contributed by atoms with Crippen molar-refractivity contribution in [3.8, 4) is 0 Å². The number of amides is 1. The van der Waals surface area contributed by atoms with E-state index in [9.17, 15) is 13.2 Å². The van der Waals surface area contributed by atoms with Crippen LogP contribution in [0.3, 0.4) is 0 Å². The number of halogens is 2. The van der Waals surface area contributed by atoms with Gasteiger partial charge in [0.2, 0.25) is 0 Å². The highest BCUT2D eigenvalue weighted by Crippen LogP contribution is 2.35. The molecular weight excluding hydrogens is 557 g/mol. The summed E-state index contributed by atoms with van der Waals surface area (Å²) >= 11 is 12.2. The third-order valence-electron chi connectivity index (χ3n) is 7.09. The zero-order chi connectivity index (χ0) is 27.6. The summed E-state index contributed by atoms with van der Waals surface area (Å²) in [6.45, 7) is 3.09. The number of carbonyl (C=O) groups is 1. The average Bonchev–Trinajstić information content (AvgIpc) is 2.89. The lowest BCUT2D eigenvalue weighted by Crippen LogP contribution is -2.48. The van der Waals surface area contributed by atoms with Crippen LogP contribution in [0.4, 0.5) is 10.5 Å². The number of rotatable bonds is 7. The van der Waals surface area contributed by atoms with Crippen molar-refractivity contribution >= 4 is 44.8 Å². The van der Waals surface area contributed by atoms with Gasteiger partial charge in [-0.3, -0.25) is 4.90 Å². The molecule has 0 radical (unpaired) electrons. The predicted molar refractivity (Wildman–Crippen MR) is 155 cm³/mol. The van der Waals surface area contributed by atoms with E-state index in [2.05, 4.69) is 9.80 Å². The summed E-state index contributed by atoms with van der Waals surface area (Å²) in [7, 11) is -3.48. The number of piperazine rings is 1. The molecule has 1 amide bonds. The Morgan fingerprint density at radius 3 is 1.97 bits per heavy atom. The summed E-state index contributed by atoms with van der Waals surface area (Å²) in [6.07, 6.45) is -0.912. The largest absolute Gasteiger partial charge is 0.465 e. The maximum Gasteiger partial charge on any atom is 0.407 e. The highest BCUT2D eigenvalue weighted by Gasteiger charge is 2.31. The molecule has 3 aromatic carbocycles. The molecule has 0 aliphatic carbocycles. The molecule has 1 N–H and O–H groups in total. The number of hydrogen-bond acceptors (Lipinski definition) is 5. The molecule has 2 saturated heterocycles. The molecule has 2 aliphatic heterocycles. The fourth-order valence-corrected chi connectivity index (χ4v) is 6.80. The third kappa shape index (κ3) is 6.76. The van der Waals surface area contributed by atoms with Crippen molar-refractivity contribution in [1.29, 1.82) is 0 Å². The molecule has 0 atom stereocenters. The van der Waals surface area contributed by atoms with E-state index in [1.807, 2.05) is 72.8 Å². The molecule has 2 aliphatic rings. The minimum atomic E-state index is -3.48. The van der Waals surface area contributed by atoms with Gasteiger partial charge >= 0.3 is 6.09 Å². The van der Waals surface area contributed by atoms with Crippen molar-refractivity contribution in [3.63, 3.8) is 0 Å². The molecule has 10 heteroatoms. The van der Waals surface area contributed by atoms with Gasteiger partial charge in [-0.1, -0.05) is 59.6 Å². The van der Waals surface area contributed by atoms with Gasteiger partial charge in [0.1, 0.15) is 0 Å². The normalized spacial score (nSPS) is 16.3. The molecule has 0 unspecified atom stereocenters. The van der Waals surface area contributed by atoms with Gasteiger partial charge in [0.25, 0.3) is 0 Å². The van der Waals surface area contributed by atoms with Crippen LogP contribution < -0.4 is 4.90 Å². The van der Waals surface area contributed by atoms with Gasteiger partial charge < -0.3 is 14.9 Å². The lowest BCUT2D eigenvalue weighted by Gasteiger charge is -2.41. The van der Waals surface area contributed by atoms with Gasteiger partial charge in [-0.05, 0) is 58.7 Å². The second-order valence-corrected chi connectivity index (χ2v) is 12.6. The minimum absolute atomic E-state index is 0.0438. The van der Waals surface area contributed by atoms with Crippen LogP contribution in [0.1, 0.15) is 22.7 Å². The van der Waals surface area contributed by atoms with Crippen LogP contribution in [0.25, 0.3) is 0 Å². The van der Waals surface area contributed by atoms with E-state index >= 15 is 0 Å². The topological polar surface area (TPSA) is 81.2 Å². The van der Waals surface area contributed by atoms with Crippen molar-refractivity contribution in [2.45, 2.75) is 11.8 Å². The Morgan fingerprint density at radius 1 is 0.872 bits per heavy atom. The quantitative estimate of drug-likeness (QED) is 0.383. The van der Waals surface area contributed by atoms with Gasteiger partial charge in [0.05, 0.1) is 11.8 Å². The lowest BCUT2D eigenvalue weighted by atomic mass is 9.93.